The van der Waals surface area contributed by atoms with Crippen molar-refractivity contribution in [1.82, 2.24) is 25.3 Å². The van der Waals surface area contributed by atoms with Crippen LogP contribution in [0.25, 0.3) is 0 Å². The van der Waals surface area contributed by atoms with Crippen molar-refractivity contribution in [2.45, 2.75) is 26.2 Å². The van der Waals surface area contributed by atoms with Gasteiger partial charge in [0.15, 0.2) is 12.6 Å². The summed E-state index contributed by atoms with van der Waals surface area (Å²) in [4.78, 5) is 13.1. The first-order valence-corrected chi connectivity index (χ1v) is 9.72. The molecule has 0 aliphatic carbocycles. The minimum atomic E-state index is -4.38. The molecule has 0 atom stereocenters. The monoisotopic (exact) mass is 426 g/mol. The highest BCUT2D eigenvalue weighted by Gasteiger charge is 2.28. The van der Waals surface area contributed by atoms with Crippen LogP contribution in [0.3, 0.4) is 0 Å². The highest BCUT2D eigenvalue weighted by atomic mass is 19.4. The summed E-state index contributed by atoms with van der Waals surface area (Å²) >= 11 is 0. The fraction of sp³-hybridized carbons (Fsp3) is 0.526. The molecule has 30 heavy (non-hydrogen) atoms. The molecule has 3 heterocycles. The van der Waals surface area contributed by atoms with Gasteiger partial charge in [0, 0.05) is 57.6 Å². The first-order chi connectivity index (χ1) is 14.4. The van der Waals surface area contributed by atoms with Gasteiger partial charge in [0.05, 0.1) is 12.2 Å². The van der Waals surface area contributed by atoms with Crippen LogP contribution in [0.2, 0.25) is 0 Å². The Morgan fingerprint density at radius 3 is 2.63 bits per heavy atom. The van der Waals surface area contributed by atoms with E-state index in [1.165, 1.54) is 12.3 Å². The largest absolute Gasteiger partial charge is 0.468 e. The average molecular weight is 426 g/mol. The molecular formula is C19H25F3N6O2. The number of hydrogen-bond donors (Lipinski definition) is 1. The molecule has 164 valence electrons. The van der Waals surface area contributed by atoms with Crippen LogP contribution in [0, 0.1) is 0 Å². The van der Waals surface area contributed by atoms with Gasteiger partial charge in [-0.2, -0.15) is 13.2 Å². The summed E-state index contributed by atoms with van der Waals surface area (Å²) in [6.07, 6.45) is -1.33. The predicted molar refractivity (Wildman–Crippen MR) is 104 cm³/mol. The van der Waals surface area contributed by atoms with Gasteiger partial charge in [-0.15, -0.1) is 0 Å². The molecular weight excluding hydrogens is 401 g/mol. The Morgan fingerprint density at radius 2 is 2.03 bits per heavy atom. The third kappa shape index (κ3) is 6.90. The second-order valence-corrected chi connectivity index (χ2v) is 6.83. The van der Waals surface area contributed by atoms with Crippen molar-refractivity contribution >= 4 is 5.96 Å². The summed E-state index contributed by atoms with van der Waals surface area (Å²) in [5.74, 6) is 0.742. The Labute approximate surface area is 172 Å². The molecule has 11 heteroatoms. The number of nitrogens with zero attached hydrogens (tertiary/aromatic N) is 5. The van der Waals surface area contributed by atoms with Crippen molar-refractivity contribution < 1.29 is 22.4 Å². The fourth-order valence-corrected chi connectivity index (χ4v) is 3.00. The lowest BCUT2D eigenvalue weighted by molar-refractivity contribution is -0.154. The van der Waals surface area contributed by atoms with Gasteiger partial charge in [0.2, 0.25) is 5.88 Å². The number of guanidine groups is 1. The van der Waals surface area contributed by atoms with Crippen LogP contribution >= 0.6 is 0 Å². The van der Waals surface area contributed by atoms with E-state index in [1.54, 1.807) is 12.3 Å². The molecule has 1 saturated heterocycles. The highest BCUT2D eigenvalue weighted by molar-refractivity contribution is 5.80. The number of pyridine rings is 1. The third-order valence-corrected chi connectivity index (χ3v) is 4.48. The number of aliphatic imine (C=N–C) groups is 1. The molecule has 1 aliphatic rings. The molecule has 1 N–H and O–H groups in total. The summed E-state index contributed by atoms with van der Waals surface area (Å²) in [5.41, 5.74) is 1.70. The number of ether oxygens (including phenoxy) is 1. The Morgan fingerprint density at radius 1 is 1.23 bits per heavy atom. The van der Waals surface area contributed by atoms with Crippen LogP contribution in [0.1, 0.15) is 18.2 Å². The van der Waals surface area contributed by atoms with Crippen LogP contribution < -0.4 is 10.1 Å². The number of halogens is 3. The molecule has 0 saturated carbocycles. The predicted octanol–water partition coefficient (Wildman–Crippen LogP) is 2.29. The number of hydrogen-bond acceptors (Lipinski definition) is 6. The van der Waals surface area contributed by atoms with Crippen molar-refractivity contribution in [2.75, 3.05) is 39.3 Å². The normalized spacial score (nSPS) is 16.0. The minimum absolute atomic E-state index is 0.0600. The van der Waals surface area contributed by atoms with Crippen molar-refractivity contribution in [3.8, 4) is 5.88 Å². The number of rotatable bonds is 7. The van der Waals surface area contributed by atoms with E-state index in [-0.39, 0.29) is 5.88 Å². The summed E-state index contributed by atoms with van der Waals surface area (Å²) in [6.45, 7) is 5.92. The van der Waals surface area contributed by atoms with E-state index in [4.69, 9.17) is 4.52 Å². The van der Waals surface area contributed by atoms with E-state index in [9.17, 15) is 13.2 Å². The highest BCUT2D eigenvalue weighted by Crippen LogP contribution is 2.17. The molecule has 2 aromatic rings. The van der Waals surface area contributed by atoms with Gasteiger partial charge in [-0.1, -0.05) is 11.2 Å². The van der Waals surface area contributed by atoms with E-state index in [0.717, 1.165) is 56.5 Å². The van der Waals surface area contributed by atoms with E-state index in [2.05, 4.69) is 35.0 Å². The molecule has 3 rings (SSSR count). The molecule has 0 radical (unpaired) electrons. The Hall–Kier alpha value is -2.82. The maximum atomic E-state index is 12.2. The van der Waals surface area contributed by atoms with Gasteiger partial charge in [0.1, 0.15) is 6.26 Å². The maximum absolute atomic E-state index is 12.2. The Bertz CT molecular complexity index is 788. The molecule has 0 unspecified atom stereocenters. The molecule has 0 bridgehead atoms. The smallest absolute Gasteiger partial charge is 0.422 e. The van der Waals surface area contributed by atoms with Crippen LogP contribution in [-0.2, 0) is 13.1 Å². The van der Waals surface area contributed by atoms with Crippen LogP contribution in [-0.4, -0.2) is 71.4 Å². The second kappa shape index (κ2) is 10.3. The van der Waals surface area contributed by atoms with Gasteiger partial charge >= 0.3 is 6.18 Å². The zero-order valence-corrected chi connectivity index (χ0v) is 16.7. The summed E-state index contributed by atoms with van der Waals surface area (Å²) in [7, 11) is 0. The minimum Gasteiger partial charge on any atom is -0.468 e. The first-order valence-electron chi connectivity index (χ1n) is 9.72. The second-order valence-electron chi connectivity index (χ2n) is 6.83. The van der Waals surface area contributed by atoms with Crippen molar-refractivity contribution in [2.24, 2.45) is 4.99 Å². The summed E-state index contributed by atoms with van der Waals surface area (Å²) in [5, 5.41) is 7.24. The Kier molecular flexibility index (Phi) is 7.50. The van der Waals surface area contributed by atoms with Crippen LogP contribution in [0.4, 0.5) is 13.2 Å². The molecule has 1 fully saturated rings. The molecule has 8 nitrogen and oxygen atoms in total. The maximum Gasteiger partial charge on any atom is 0.422 e. The zero-order chi connectivity index (χ0) is 21.4. The zero-order valence-electron chi connectivity index (χ0n) is 16.7. The number of nitrogens with one attached hydrogen (secondary N) is 1. The molecule has 0 spiro atoms. The van der Waals surface area contributed by atoms with Crippen LogP contribution in [0.5, 0.6) is 5.88 Å². The Balaban J connectivity index is 1.52. The summed E-state index contributed by atoms with van der Waals surface area (Å²) < 4.78 is 46.1. The van der Waals surface area contributed by atoms with Crippen molar-refractivity contribution in [3.05, 3.63) is 41.9 Å². The third-order valence-electron chi connectivity index (χ3n) is 4.48. The van der Waals surface area contributed by atoms with Gasteiger partial charge in [-0.3, -0.25) is 4.90 Å². The number of piperazine rings is 1. The molecule has 0 amide bonds. The average Bonchev–Trinajstić information content (AvgIpc) is 3.23. The number of alkyl halides is 3. The first kappa shape index (κ1) is 21.9. The van der Waals surface area contributed by atoms with Crippen molar-refractivity contribution in [1.29, 1.82) is 0 Å². The van der Waals surface area contributed by atoms with Gasteiger partial charge in [-0.25, -0.2) is 9.98 Å². The van der Waals surface area contributed by atoms with Crippen LogP contribution in [0.15, 0.2) is 40.2 Å². The molecule has 2 aromatic heterocycles. The van der Waals surface area contributed by atoms with E-state index in [1.807, 2.05) is 13.0 Å². The standard InChI is InChI=1S/C19H25F3N6O2/c1-2-23-18(28-8-6-27(7-9-28)13-16-5-10-30-26-16)25-12-15-3-4-17(24-11-15)29-14-19(20,21)22/h3-5,10-11H,2,6-9,12-14H2,1H3,(H,23,25). The lowest BCUT2D eigenvalue weighted by Gasteiger charge is -2.36. The van der Waals surface area contributed by atoms with Gasteiger partial charge < -0.3 is 19.5 Å². The SMILES string of the molecule is CCNC(=NCc1ccc(OCC(F)(F)F)nc1)N1CCN(Cc2ccon2)CC1. The summed E-state index contributed by atoms with van der Waals surface area (Å²) in [6, 6.07) is 4.96. The topological polar surface area (TPSA) is 79.0 Å². The lowest BCUT2D eigenvalue weighted by Crippen LogP contribution is -2.52. The quantitative estimate of drug-likeness (QED) is 0.538. The van der Waals surface area contributed by atoms with E-state index >= 15 is 0 Å². The number of aromatic nitrogens is 2. The van der Waals surface area contributed by atoms with Crippen molar-refractivity contribution in [3.63, 3.8) is 0 Å². The van der Waals surface area contributed by atoms with E-state index < -0.39 is 12.8 Å². The van der Waals surface area contributed by atoms with Gasteiger partial charge in [0.25, 0.3) is 0 Å². The molecule has 0 aromatic carbocycles. The van der Waals surface area contributed by atoms with E-state index in [0.29, 0.717) is 6.54 Å². The van der Waals surface area contributed by atoms with Gasteiger partial charge in [-0.05, 0) is 12.5 Å². The molecule has 1 aliphatic heterocycles. The lowest BCUT2D eigenvalue weighted by atomic mass is 10.3. The fourth-order valence-electron chi connectivity index (χ4n) is 3.00.